The highest BCUT2D eigenvalue weighted by Crippen LogP contribution is 2.24. The number of anilines is 1. The molecule has 20 heavy (non-hydrogen) atoms. The summed E-state index contributed by atoms with van der Waals surface area (Å²) in [6.07, 6.45) is 3.65. The molecule has 0 saturated carbocycles. The van der Waals surface area contributed by atoms with Crippen LogP contribution in [0.3, 0.4) is 0 Å². The molecule has 1 saturated heterocycles. The Morgan fingerprint density at radius 3 is 2.90 bits per heavy atom. The number of hydrogen-bond donors (Lipinski definition) is 0. The van der Waals surface area contributed by atoms with Gasteiger partial charge in [-0.15, -0.1) is 11.3 Å². The second-order valence-corrected chi connectivity index (χ2v) is 7.02. The maximum absolute atomic E-state index is 12.1. The van der Waals surface area contributed by atoms with Crippen molar-refractivity contribution in [3.8, 4) is 0 Å². The van der Waals surface area contributed by atoms with E-state index in [1.807, 2.05) is 39.4 Å². The van der Waals surface area contributed by atoms with Gasteiger partial charge in [0.25, 0.3) is 0 Å². The molecule has 5 nitrogen and oxygen atoms in total. The van der Waals surface area contributed by atoms with Gasteiger partial charge in [0.05, 0.1) is 6.04 Å². The molecule has 0 spiro atoms. The fourth-order valence-corrected chi connectivity index (χ4v) is 2.98. The van der Waals surface area contributed by atoms with Crippen LogP contribution in [0, 0.1) is 0 Å². The lowest BCUT2D eigenvalue weighted by Crippen LogP contribution is -2.49. The summed E-state index contributed by atoms with van der Waals surface area (Å²) in [7, 11) is 1.82. The Hall–Kier alpha value is -1.30. The van der Waals surface area contributed by atoms with E-state index in [4.69, 9.17) is 4.74 Å². The zero-order valence-corrected chi connectivity index (χ0v) is 13.4. The number of likely N-dealkylation sites (N-methyl/N-ethyl adjacent to an activating group) is 1. The van der Waals surface area contributed by atoms with Gasteiger partial charge in [-0.05, 0) is 33.6 Å². The number of piperidine rings is 1. The number of carbonyl (C=O) groups excluding carboxylic acids is 1. The van der Waals surface area contributed by atoms with Crippen LogP contribution in [0.4, 0.5) is 9.93 Å². The fraction of sp³-hybridized carbons (Fsp3) is 0.714. The Labute approximate surface area is 124 Å². The van der Waals surface area contributed by atoms with Gasteiger partial charge in [-0.1, -0.05) is 0 Å². The van der Waals surface area contributed by atoms with Gasteiger partial charge in [0.1, 0.15) is 5.60 Å². The molecule has 1 fully saturated rings. The first kappa shape index (κ1) is 15.1. The average Bonchev–Trinajstić information content (AvgIpc) is 2.90. The van der Waals surface area contributed by atoms with Gasteiger partial charge < -0.3 is 14.5 Å². The summed E-state index contributed by atoms with van der Waals surface area (Å²) >= 11 is 1.64. The molecule has 0 bridgehead atoms. The van der Waals surface area contributed by atoms with Crippen molar-refractivity contribution < 1.29 is 9.53 Å². The van der Waals surface area contributed by atoms with Gasteiger partial charge in [0.15, 0.2) is 5.13 Å². The van der Waals surface area contributed by atoms with E-state index in [1.54, 1.807) is 16.2 Å². The number of thiazole rings is 1. The monoisotopic (exact) mass is 297 g/mol. The van der Waals surface area contributed by atoms with E-state index >= 15 is 0 Å². The lowest BCUT2D eigenvalue weighted by Gasteiger charge is -2.37. The molecule has 0 unspecified atom stereocenters. The van der Waals surface area contributed by atoms with Crippen molar-refractivity contribution in [2.45, 2.75) is 45.3 Å². The maximum Gasteiger partial charge on any atom is 0.410 e. The fourth-order valence-electron chi connectivity index (χ4n) is 2.30. The summed E-state index contributed by atoms with van der Waals surface area (Å²) in [5.74, 6) is 0. The van der Waals surface area contributed by atoms with E-state index in [9.17, 15) is 4.79 Å². The third kappa shape index (κ3) is 3.85. The van der Waals surface area contributed by atoms with Crippen molar-refractivity contribution >= 4 is 22.6 Å². The minimum Gasteiger partial charge on any atom is -0.444 e. The van der Waals surface area contributed by atoms with Crippen molar-refractivity contribution in [3.63, 3.8) is 0 Å². The van der Waals surface area contributed by atoms with Crippen molar-refractivity contribution in [2.24, 2.45) is 0 Å². The first-order valence-electron chi connectivity index (χ1n) is 6.97. The highest BCUT2D eigenvalue weighted by Gasteiger charge is 2.29. The van der Waals surface area contributed by atoms with Crippen LogP contribution < -0.4 is 4.90 Å². The van der Waals surface area contributed by atoms with Gasteiger partial charge in [-0.2, -0.15) is 0 Å². The maximum atomic E-state index is 12.1. The minimum absolute atomic E-state index is 0.183. The first-order valence-corrected chi connectivity index (χ1v) is 7.85. The average molecular weight is 297 g/mol. The van der Waals surface area contributed by atoms with Crippen molar-refractivity contribution in [1.29, 1.82) is 0 Å². The molecule has 1 amide bonds. The van der Waals surface area contributed by atoms with E-state index in [2.05, 4.69) is 9.88 Å². The summed E-state index contributed by atoms with van der Waals surface area (Å²) < 4.78 is 5.43. The number of carbonyl (C=O) groups is 1. The predicted molar refractivity (Wildman–Crippen MR) is 81.3 cm³/mol. The van der Waals surface area contributed by atoms with Gasteiger partial charge >= 0.3 is 6.09 Å². The SMILES string of the molecule is CN(C(=O)OC(C)(C)C)[C@H]1CCCN(c2nccs2)C1. The Bertz CT molecular complexity index is 442. The molecule has 1 aromatic rings. The molecule has 1 aliphatic rings. The summed E-state index contributed by atoms with van der Waals surface area (Å²) in [5.41, 5.74) is -0.449. The van der Waals surface area contributed by atoms with Crippen LogP contribution in [0.2, 0.25) is 0 Å². The molecule has 2 heterocycles. The Morgan fingerprint density at radius 2 is 2.30 bits per heavy atom. The van der Waals surface area contributed by atoms with Crippen LogP contribution in [0.5, 0.6) is 0 Å². The van der Waals surface area contributed by atoms with E-state index in [0.29, 0.717) is 0 Å². The first-order chi connectivity index (χ1) is 9.37. The number of hydrogen-bond acceptors (Lipinski definition) is 5. The third-order valence-corrected chi connectivity index (χ3v) is 4.15. The Balaban J connectivity index is 1.96. The molecule has 112 valence electrons. The standard InChI is InChI=1S/C14H23N3O2S/c1-14(2,3)19-13(18)16(4)11-6-5-8-17(10-11)12-15-7-9-20-12/h7,9,11H,5-6,8,10H2,1-4H3/t11-/m0/s1. The smallest absolute Gasteiger partial charge is 0.410 e. The number of nitrogens with zero attached hydrogens (tertiary/aromatic N) is 3. The molecule has 0 radical (unpaired) electrons. The van der Waals surface area contributed by atoms with Gasteiger partial charge in [-0.3, -0.25) is 0 Å². The molecule has 6 heteroatoms. The molecule has 0 N–H and O–H groups in total. The lowest BCUT2D eigenvalue weighted by atomic mass is 10.1. The minimum atomic E-state index is -0.449. The van der Waals surface area contributed by atoms with Gasteiger partial charge in [0, 0.05) is 31.7 Å². The quantitative estimate of drug-likeness (QED) is 0.842. The van der Waals surface area contributed by atoms with Crippen molar-refractivity contribution in [1.82, 2.24) is 9.88 Å². The van der Waals surface area contributed by atoms with Crippen molar-refractivity contribution in [3.05, 3.63) is 11.6 Å². The van der Waals surface area contributed by atoms with Crippen molar-refractivity contribution in [2.75, 3.05) is 25.0 Å². The second kappa shape index (κ2) is 5.99. The molecular weight excluding hydrogens is 274 g/mol. The Morgan fingerprint density at radius 1 is 1.55 bits per heavy atom. The molecular formula is C14H23N3O2S. The van der Waals surface area contributed by atoms with E-state index in [1.165, 1.54) is 0 Å². The number of aromatic nitrogens is 1. The zero-order chi connectivity index (χ0) is 14.8. The van der Waals surface area contributed by atoms with E-state index in [0.717, 1.165) is 31.1 Å². The molecule has 1 aliphatic heterocycles. The second-order valence-electron chi connectivity index (χ2n) is 6.15. The van der Waals surface area contributed by atoms with Crippen LogP contribution in [0.25, 0.3) is 0 Å². The summed E-state index contributed by atoms with van der Waals surface area (Å²) in [5, 5.41) is 3.02. The topological polar surface area (TPSA) is 45.7 Å². The van der Waals surface area contributed by atoms with Crippen LogP contribution in [0.1, 0.15) is 33.6 Å². The van der Waals surface area contributed by atoms with E-state index < -0.39 is 5.60 Å². The predicted octanol–water partition coefficient (Wildman–Crippen LogP) is 2.98. The molecule has 1 aromatic heterocycles. The molecule has 0 aromatic carbocycles. The largest absolute Gasteiger partial charge is 0.444 e. The summed E-state index contributed by atoms with van der Waals surface area (Å²) in [6, 6.07) is 0.183. The number of ether oxygens (including phenoxy) is 1. The van der Waals surface area contributed by atoms with Crippen LogP contribution in [-0.4, -0.2) is 47.8 Å². The molecule has 0 aliphatic carbocycles. The van der Waals surface area contributed by atoms with Crippen LogP contribution in [0.15, 0.2) is 11.6 Å². The molecule has 1 atom stereocenters. The van der Waals surface area contributed by atoms with Gasteiger partial charge in [-0.25, -0.2) is 9.78 Å². The highest BCUT2D eigenvalue weighted by atomic mass is 32.1. The number of amides is 1. The third-order valence-electron chi connectivity index (χ3n) is 3.32. The summed E-state index contributed by atoms with van der Waals surface area (Å²) in [6.45, 7) is 7.50. The summed E-state index contributed by atoms with van der Waals surface area (Å²) in [4.78, 5) is 20.4. The molecule has 2 rings (SSSR count). The number of rotatable bonds is 2. The van der Waals surface area contributed by atoms with E-state index in [-0.39, 0.29) is 12.1 Å². The van der Waals surface area contributed by atoms with Gasteiger partial charge in [0.2, 0.25) is 0 Å². The zero-order valence-electron chi connectivity index (χ0n) is 12.6. The lowest BCUT2D eigenvalue weighted by molar-refractivity contribution is 0.0210. The Kier molecular flexibility index (Phi) is 4.52. The van der Waals surface area contributed by atoms with Crippen LogP contribution >= 0.6 is 11.3 Å². The highest BCUT2D eigenvalue weighted by molar-refractivity contribution is 7.13. The normalized spacial score (nSPS) is 19.8. The van der Waals surface area contributed by atoms with Crippen LogP contribution in [-0.2, 0) is 4.74 Å².